The minimum Gasteiger partial charge on any atom is -0.304 e. The van der Waals surface area contributed by atoms with E-state index in [0.717, 1.165) is 21.9 Å². The number of rotatable bonds is 3. The van der Waals surface area contributed by atoms with Gasteiger partial charge in [0.25, 0.3) is 5.91 Å². The number of carbonyl (C=O) groups is 1. The third-order valence-corrected chi connectivity index (χ3v) is 4.40. The zero-order valence-corrected chi connectivity index (χ0v) is 14.5. The van der Waals surface area contributed by atoms with Gasteiger partial charge in [0.2, 0.25) is 0 Å². The Balaban J connectivity index is 1.85. The molecule has 4 rings (SSSR count). The van der Waals surface area contributed by atoms with Crippen LogP contribution in [0.4, 0.5) is 10.2 Å². The lowest BCUT2D eigenvalue weighted by atomic mass is 10.1. The van der Waals surface area contributed by atoms with Crippen molar-refractivity contribution in [2.24, 2.45) is 0 Å². The van der Waals surface area contributed by atoms with E-state index in [-0.39, 0.29) is 5.56 Å². The van der Waals surface area contributed by atoms with Crippen LogP contribution in [-0.4, -0.2) is 20.7 Å². The van der Waals surface area contributed by atoms with E-state index in [9.17, 15) is 9.18 Å². The summed E-state index contributed by atoms with van der Waals surface area (Å²) < 4.78 is 15.6. The van der Waals surface area contributed by atoms with E-state index in [0.29, 0.717) is 18.0 Å². The summed E-state index contributed by atoms with van der Waals surface area (Å²) in [6.07, 6.45) is 0. The number of hydrogen-bond donors (Lipinski definition) is 1. The summed E-state index contributed by atoms with van der Waals surface area (Å²) in [7, 11) is 0. The number of pyridine rings is 1. The normalized spacial score (nSPS) is 11.2. The molecule has 1 amide bonds. The van der Waals surface area contributed by atoms with Crippen molar-refractivity contribution in [3.8, 4) is 0 Å². The second kappa shape index (κ2) is 6.22. The summed E-state index contributed by atoms with van der Waals surface area (Å²) in [5, 5.41) is 8.88. The van der Waals surface area contributed by atoms with Gasteiger partial charge in [-0.1, -0.05) is 30.3 Å². The zero-order chi connectivity index (χ0) is 18.3. The van der Waals surface area contributed by atoms with Crippen molar-refractivity contribution in [2.75, 3.05) is 5.32 Å². The number of amides is 1. The molecule has 0 unspecified atom stereocenters. The van der Waals surface area contributed by atoms with Crippen molar-refractivity contribution in [1.82, 2.24) is 14.8 Å². The van der Waals surface area contributed by atoms with Crippen LogP contribution in [0.2, 0.25) is 0 Å². The van der Waals surface area contributed by atoms with Crippen molar-refractivity contribution in [3.63, 3.8) is 0 Å². The molecule has 5 nitrogen and oxygen atoms in total. The fourth-order valence-electron chi connectivity index (χ4n) is 3.06. The van der Waals surface area contributed by atoms with Gasteiger partial charge in [-0.3, -0.25) is 4.79 Å². The number of nitrogens with zero attached hydrogens (tertiary/aromatic N) is 3. The number of nitrogens with one attached hydrogen (secondary N) is 1. The van der Waals surface area contributed by atoms with Gasteiger partial charge in [0.1, 0.15) is 5.82 Å². The zero-order valence-electron chi connectivity index (χ0n) is 14.5. The van der Waals surface area contributed by atoms with Crippen LogP contribution in [0.5, 0.6) is 0 Å². The number of anilines is 1. The Morgan fingerprint density at radius 3 is 2.77 bits per heavy atom. The van der Waals surface area contributed by atoms with E-state index >= 15 is 0 Å². The number of halogens is 1. The SMILES string of the molecule is CCn1nc(NC(=O)c2ccccc2F)c2cc3cccc(C)c3nc21. The van der Waals surface area contributed by atoms with Crippen LogP contribution in [0.3, 0.4) is 0 Å². The monoisotopic (exact) mass is 348 g/mol. The van der Waals surface area contributed by atoms with E-state index in [1.54, 1.807) is 16.8 Å². The fourth-order valence-corrected chi connectivity index (χ4v) is 3.06. The molecule has 2 aromatic carbocycles. The summed E-state index contributed by atoms with van der Waals surface area (Å²) in [4.78, 5) is 17.2. The van der Waals surface area contributed by atoms with Crippen molar-refractivity contribution in [2.45, 2.75) is 20.4 Å². The molecule has 0 fully saturated rings. The predicted octanol–water partition coefficient (Wildman–Crippen LogP) is 4.30. The molecule has 26 heavy (non-hydrogen) atoms. The topological polar surface area (TPSA) is 59.8 Å². The van der Waals surface area contributed by atoms with Crippen LogP contribution in [0.25, 0.3) is 21.9 Å². The highest BCUT2D eigenvalue weighted by Crippen LogP contribution is 2.27. The van der Waals surface area contributed by atoms with Gasteiger partial charge in [-0.15, -0.1) is 0 Å². The maximum Gasteiger partial charge on any atom is 0.259 e. The first-order chi connectivity index (χ1) is 12.6. The number of para-hydroxylation sites is 1. The summed E-state index contributed by atoms with van der Waals surface area (Å²) >= 11 is 0. The summed E-state index contributed by atoms with van der Waals surface area (Å²) in [5.74, 6) is -0.718. The van der Waals surface area contributed by atoms with Gasteiger partial charge in [0.05, 0.1) is 16.5 Å². The molecule has 0 saturated carbocycles. The highest BCUT2D eigenvalue weighted by atomic mass is 19.1. The van der Waals surface area contributed by atoms with Crippen LogP contribution in [0.1, 0.15) is 22.8 Å². The van der Waals surface area contributed by atoms with Gasteiger partial charge >= 0.3 is 0 Å². The molecule has 0 aliphatic heterocycles. The molecule has 4 aromatic rings. The van der Waals surface area contributed by atoms with Gasteiger partial charge in [-0.2, -0.15) is 5.10 Å². The molecule has 0 aliphatic rings. The third-order valence-electron chi connectivity index (χ3n) is 4.40. The van der Waals surface area contributed by atoms with Gasteiger partial charge in [-0.05, 0) is 37.6 Å². The molecule has 1 N–H and O–H groups in total. The minimum absolute atomic E-state index is 0.0173. The standard InChI is InChI=1S/C20H17FN4O/c1-3-25-19-15(11-13-8-6-7-12(2)17(13)22-19)18(24-25)23-20(26)14-9-4-5-10-16(14)21/h4-11H,3H2,1-2H3,(H,23,24,26). The molecule has 0 saturated heterocycles. The Morgan fingerprint density at radius 1 is 1.19 bits per heavy atom. The first-order valence-electron chi connectivity index (χ1n) is 8.41. The number of benzene rings is 2. The first kappa shape index (κ1) is 16.2. The number of fused-ring (bicyclic) bond motifs is 2. The molecule has 130 valence electrons. The van der Waals surface area contributed by atoms with Crippen LogP contribution in [-0.2, 0) is 6.54 Å². The number of hydrogen-bond acceptors (Lipinski definition) is 3. The maximum absolute atomic E-state index is 13.9. The Morgan fingerprint density at radius 2 is 2.00 bits per heavy atom. The average Bonchev–Trinajstić information content (AvgIpc) is 2.98. The lowest BCUT2D eigenvalue weighted by Crippen LogP contribution is -2.14. The van der Waals surface area contributed by atoms with Crippen LogP contribution in [0, 0.1) is 12.7 Å². The summed E-state index contributed by atoms with van der Waals surface area (Å²) in [6.45, 7) is 4.57. The van der Waals surface area contributed by atoms with Crippen molar-refractivity contribution >= 4 is 33.7 Å². The van der Waals surface area contributed by atoms with E-state index in [2.05, 4.69) is 10.4 Å². The first-order valence-corrected chi connectivity index (χ1v) is 8.41. The lowest BCUT2D eigenvalue weighted by Gasteiger charge is -2.05. The van der Waals surface area contributed by atoms with E-state index < -0.39 is 11.7 Å². The number of aryl methyl sites for hydroxylation is 2. The third kappa shape index (κ3) is 2.60. The van der Waals surface area contributed by atoms with E-state index in [1.807, 2.05) is 38.1 Å². The molecule has 2 aromatic heterocycles. The predicted molar refractivity (Wildman–Crippen MR) is 99.8 cm³/mol. The Kier molecular flexibility index (Phi) is 3.88. The van der Waals surface area contributed by atoms with Crippen molar-refractivity contribution in [1.29, 1.82) is 0 Å². The van der Waals surface area contributed by atoms with Crippen LogP contribution >= 0.6 is 0 Å². The molecule has 0 spiro atoms. The smallest absolute Gasteiger partial charge is 0.259 e. The van der Waals surface area contributed by atoms with Gasteiger partial charge in [0, 0.05) is 11.9 Å². The quantitative estimate of drug-likeness (QED) is 0.600. The molecule has 0 aliphatic carbocycles. The van der Waals surface area contributed by atoms with Crippen LogP contribution < -0.4 is 5.32 Å². The molecule has 6 heteroatoms. The van der Waals surface area contributed by atoms with E-state index in [1.165, 1.54) is 12.1 Å². The lowest BCUT2D eigenvalue weighted by molar-refractivity contribution is 0.102. The van der Waals surface area contributed by atoms with Gasteiger partial charge in [0.15, 0.2) is 11.5 Å². The van der Waals surface area contributed by atoms with Crippen LogP contribution in [0.15, 0.2) is 48.5 Å². The highest BCUT2D eigenvalue weighted by molar-refractivity contribution is 6.09. The van der Waals surface area contributed by atoms with Crippen molar-refractivity contribution in [3.05, 3.63) is 65.5 Å². The molecule has 0 bridgehead atoms. The van der Waals surface area contributed by atoms with Gasteiger partial charge in [-0.25, -0.2) is 14.1 Å². The number of aromatic nitrogens is 3. The molecular weight excluding hydrogens is 331 g/mol. The second-order valence-electron chi connectivity index (χ2n) is 6.10. The Hall–Kier alpha value is -3.28. The average molecular weight is 348 g/mol. The minimum atomic E-state index is -0.566. The van der Waals surface area contributed by atoms with Crippen molar-refractivity contribution < 1.29 is 9.18 Å². The second-order valence-corrected chi connectivity index (χ2v) is 6.10. The summed E-state index contributed by atoms with van der Waals surface area (Å²) in [6, 6.07) is 13.8. The largest absolute Gasteiger partial charge is 0.304 e. The fraction of sp³-hybridized carbons (Fsp3) is 0.150. The molecule has 0 radical (unpaired) electrons. The van der Waals surface area contributed by atoms with Gasteiger partial charge < -0.3 is 5.32 Å². The molecule has 2 heterocycles. The van der Waals surface area contributed by atoms with E-state index in [4.69, 9.17) is 4.98 Å². The number of carbonyl (C=O) groups excluding carboxylic acids is 1. The summed E-state index contributed by atoms with van der Waals surface area (Å²) in [5.41, 5.74) is 2.65. The Labute approximate surface area is 149 Å². The Bertz CT molecular complexity index is 1150. The molecular formula is C20H17FN4O. The maximum atomic E-state index is 13.9. The molecule has 0 atom stereocenters. The highest BCUT2D eigenvalue weighted by Gasteiger charge is 2.17.